The summed E-state index contributed by atoms with van der Waals surface area (Å²) < 4.78 is 4.91. The maximum absolute atomic E-state index is 11.4. The normalized spacial score (nSPS) is 23.5. The van der Waals surface area contributed by atoms with Gasteiger partial charge in [0.2, 0.25) is 5.78 Å². The van der Waals surface area contributed by atoms with Gasteiger partial charge in [-0.05, 0) is 24.5 Å². The zero-order valence-electron chi connectivity index (χ0n) is 8.53. The van der Waals surface area contributed by atoms with Crippen molar-refractivity contribution in [1.29, 1.82) is 0 Å². The summed E-state index contributed by atoms with van der Waals surface area (Å²) >= 11 is 0. The minimum absolute atomic E-state index is 0.0152. The van der Waals surface area contributed by atoms with E-state index in [9.17, 15) is 9.59 Å². The maximum atomic E-state index is 11.4. The Morgan fingerprint density at radius 3 is 2.87 bits per heavy atom. The Balaban J connectivity index is 1.79. The molecule has 4 nitrogen and oxygen atoms in total. The molecule has 1 aliphatic rings. The van der Waals surface area contributed by atoms with Gasteiger partial charge in [0.25, 0.3) is 0 Å². The van der Waals surface area contributed by atoms with E-state index in [0.29, 0.717) is 11.6 Å². The van der Waals surface area contributed by atoms with Gasteiger partial charge < -0.3 is 9.72 Å². The summed E-state index contributed by atoms with van der Waals surface area (Å²) in [5.74, 6) is -0.0106. The van der Waals surface area contributed by atoms with Crippen LogP contribution in [0.5, 0.6) is 0 Å². The molecule has 0 saturated heterocycles. The second-order valence-corrected chi connectivity index (χ2v) is 3.93. The van der Waals surface area contributed by atoms with Crippen molar-refractivity contribution in [3.63, 3.8) is 0 Å². The van der Waals surface area contributed by atoms with Crippen molar-refractivity contribution in [1.82, 2.24) is 4.98 Å². The Hall–Kier alpha value is -1.58. The Kier molecular flexibility index (Phi) is 2.58. The van der Waals surface area contributed by atoms with Crippen LogP contribution in [0.3, 0.4) is 0 Å². The highest BCUT2D eigenvalue weighted by Crippen LogP contribution is 2.38. The van der Waals surface area contributed by atoms with Crippen LogP contribution in [0.15, 0.2) is 18.3 Å². The number of carbonyl (C=O) groups is 2. The van der Waals surface area contributed by atoms with Gasteiger partial charge in [-0.2, -0.15) is 0 Å². The number of ether oxygens (including phenoxy) is 1. The molecular formula is C11H13NO3. The minimum atomic E-state index is -0.248. The summed E-state index contributed by atoms with van der Waals surface area (Å²) in [6, 6.07) is 3.40. The van der Waals surface area contributed by atoms with Crippen LogP contribution in [-0.4, -0.2) is 23.3 Å². The van der Waals surface area contributed by atoms with Crippen LogP contribution in [0.1, 0.15) is 23.8 Å². The van der Waals surface area contributed by atoms with Crippen LogP contribution < -0.4 is 0 Å². The third-order valence-corrected chi connectivity index (χ3v) is 2.66. The average molecular weight is 207 g/mol. The van der Waals surface area contributed by atoms with Gasteiger partial charge in [-0.25, -0.2) is 0 Å². The highest BCUT2D eigenvalue weighted by atomic mass is 16.5. The number of Topliss-reactive ketones (excluding diaryl/α,β-unsaturated/α-hetero) is 1. The van der Waals surface area contributed by atoms with E-state index in [1.165, 1.54) is 0 Å². The molecule has 1 saturated carbocycles. The molecule has 2 rings (SSSR count). The van der Waals surface area contributed by atoms with Gasteiger partial charge in [-0.15, -0.1) is 0 Å². The number of hydrogen-bond acceptors (Lipinski definition) is 3. The predicted octanol–water partition coefficient (Wildman–Crippen LogP) is 1.40. The van der Waals surface area contributed by atoms with Crippen LogP contribution >= 0.6 is 0 Å². The van der Waals surface area contributed by atoms with Crippen molar-refractivity contribution in [3.8, 4) is 0 Å². The van der Waals surface area contributed by atoms with Gasteiger partial charge in [0, 0.05) is 6.20 Å². The number of esters is 1. The lowest BCUT2D eigenvalue weighted by molar-refractivity contribution is -0.144. The van der Waals surface area contributed by atoms with Crippen molar-refractivity contribution < 1.29 is 14.3 Å². The number of aromatic nitrogens is 1. The van der Waals surface area contributed by atoms with Crippen molar-refractivity contribution in [2.75, 3.05) is 6.61 Å². The zero-order valence-corrected chi connectivity index (χ0v) is 8.53. The van der Waals surface area contributed by atoms with E-state index >= 15 is 0 Å². The summed E-state index contributed by atoms with van der Waals surface area (Å²) in [5.41, 5.74) is 0.478. The number of carbonyl (C=O) groups excluding carboxylic acids is 2. The van der Waals surface area contributed by atoms with Gasteiger partial charge in [-0.1, -0.05) is 6.92 Å². The number of aromatic amines is 1. The molecule has 1 aliphatic carbocycles. The van der Waals surface area contributed by atoms with Crippen molar-refractivity contribution in [2.45, 2.75) is 13.3 Å². The van der Waals surface area contributed by atoms with E-state index in [2.05, 4.69) is 4.98 Å². The molecule has 2 atom stereocenters. The molecule has 0 amide bonds. The van der Waals surface area contributed by atoms with Crippen LogP contribution in [0.25, 0.3) is 0 Å². The topological polar surface area (TPSA) is 59.2 Å². The second-order valence-electron chi connectivity index (χ2n) is 3.93. The summed E-state index contributed by atoms with van der Waals surface area (Å²) in [4.78, 5) is 25.5. The second kappa shape index (κ2) is 3.88. The molecule has 15 heavy (non-hydrogen) atoms. The molecule has 1 aromatic heterocycles. The molecule has 4 heteroatoms. The SMILES string of the molecule is C[C@H]1C[C@H]1C(=O)OCC(=O)c1ccc[nH]1. The van der Waals surface area contributed by atoms with Crippen molar-refractivity contribution in [3.05, 3.63) is 24.0 Å². The molecule has 0 radical (unpaired) electrons. The first-order valence-electron chi connectivity index (χ1n) is 5.01. The third kappa shape index (κ3) is 2.26. The molecule has 0 aromatic carbocycles. The molecule has 1 fully saturated rings. The Morgan fingerprint density at radius 2 is 2.33 bits per heavy atom. The standard InChI is InChI=1S/C11H13NO3/c1-7-5-8(7)11(14)15-6-10(13)9-3-2-4-12-9/h2-4,7-8,12H,5-6H2,1H3/t7-,8+/m0/s1. The van der Waals surface area contributed by atoms with Gasteiger partial charge >= 0.3 is 5.97 Å². The largest absolute Gasteiger partial charge is 0.457 e. The number of ketones is 1. The summed E-state index contributed by atoms with van der Waals surface area (Å²) in [6.07, 6.45) is 2.55. The van der Waals surface area contributed by atoms with Crippen LogP contribution in [0, 0.1) is 11.8 Å². The van der Waals surface area contributed by atoms with Crippen molar-refractivity contribution >= 4 is 11.8 Å². The fourth-order valence-electron chi connectivity index (χ4n) is 1.48. The van der Waals surface area contributed by atoms with Gasteiger partial charge in [0.1, 0.15) is 0 Å². The monoisotopic (exact) mass is 207 g/mol. The molecule has 0 aliphatic heterocycles. The molecule has 80 valence electrons. The average Bonchev–Trinajstić information content (AvgIpc) is 2.75. The first-order valence-corrected chi connectivity index (χ1v) is 5.01. The van der Waals surface area contributed by atoms with E-state index in [1.807, 2.05) is 6.92 Å². The smallest absolute Gasteiger partial charge is 0.309 e. The molecular weight excluding hydrogens is 194 g/mol. The highest BCUT2D eigenvalue weighted by molar-refractivity contribution is 5.96. The quantitative estimate of drug-likeness (QED) is 0.599. The third-order valence-electron chi connectivity index (χ3n) is 2.66. The molecule has 0 bridgehead atoms. The van der Waals surface area contributed by atoms with Gasteiger partial charge in [0.05, 0.1) is 11.6 Å². The number of rotatable bonds is 4. The highest BCUT2D eigenvalue weighted by Gasteiger charge is 2.40. The summed E-state index contributed by atoms with van der Waals surface area (Å²) in [6.45, 7) is 1.83. The molecule has 0 spiro atoms. The first-order chi connectivity index (χ1) is 7.18. The van der Waals surface area contributed by atoms with Crippen LogP contribution in [-0.2, 0) is 9.53 Å². The lowest BCUT2D eigenvalue weighted by atomic mass is 10.3. The fourth-order valence-corrected chi connectivity index (χ4v) is 1.48. The molecule has 1 aromatic rings. The van der Waals surface area contributed by atoms with E-state index in [0.717, 1.165) is 6.42 Å². The Bertz CT molecular complexity index is 369. The maximum Gasteiger partial charge on any atom is 0.309 e. The molecule has 1 heterocycles. The van der Waals surface area contributed by atoms with Crippen LogP contribution in [0.2, 0.25) is 0 Å². The molecule has 1 N–H and O–H groups in total. The number of hydrogen-bond donors (Lipinski definition) is 1. The Labute approximate surface area is 87.6 Å². The Morgan fingerprint density at radius 1 is 1.60 bits per heavy atom. The van der Waals surface area contributed by atoms with Crippen molar-refractivity contribution in [2.24, 2.45) is 11.8 Å². The number of nitrogens with one attached hydrogen (secondary N) is 1. The minimum Gasteiger partial charge on any atom is -0.457 e. The fraction of sp³-hybridized carbons (Fsp3) is 0.455. The van der Waals surface area contributed by atoms with E-state index in [1.54, 1.807) is 18.3 Å². The van der Waals surface area contributed by atoms with E-state index in [4.69, 9.17) is 4.74 Å². The van der Waals surface area contributed by atoms with Gasteiger partial charge in [0.15, 0.2) is 6.61 Å². The lowest BCUT2D eigenvalue weighted by Gasteiger charge is -2.01. The molecule has 0 unspecified atom stereocenters. The van der Waals surface area contributed by atoms with Gasteiger partial charge in [-0.3, -0.25) is 9.59 Å². The predicted molar refractivity (Wildman–Crippen MR) is 53.4 cm³/mol. The summed E-state index contributed by atoms with van der Waals surface area (Å²) in [5, 5.41) is 0. The van der Waals surface area contributed by atoms with Crippen LogP contribution in [0.4, 0.5) is 0 Å². The number of H-pyrrole nitrogens is 1. The summed E-state index contributed by atoms with van der Waals surface area (Å²) in [7, 11) is 0. The lowest BCUT2D eigenvalue weighted by Crippen LogP contribution is -2.15. The van der Waals surface area contributed by atoms with E-state index < -0.39 is 0 Å². The van der Waals surface area contributed by atoms with E-state index in [-0.39, 0.29) is 24.3 Å². The first kappa shape index (κ1) is 9.96. The zero-order chi connectivity index (χ0) is 10.8.